The third kappa shape index (κ3) is 1.95. The number of aryl methyl sites for hydroxylation is 3. The molecule has 4 aromatic rings. The zero-order chi connectivity index (χ0) is 18.9. The maximum Gasteiger partial charge on any atom is 0.195 e. The lowest BCUT2D eigenvalue weighted by molar-refractivity contribution is 0.0978. The number of ketones is 2. The fourth-order valence-electron chi connectivity index (χ4n) is 4.61. The first-order valence-electron chi connectivity index (χ1n) is 9.14. The van der Waals surface area contributed by atoms with Crippen LogP contribution in [0.25, 0.3) is 21.5 Å². The van der Waals surface area contributed by atoms with E-state index in [-0.39, 0.29) is 11.6 Å². The quantitative estimate of drug-likeness (QED) is 0.359. The van der Waals surface area contributed by atoms with Crippen molar-refractivity contribution in [2.75, 3.05) is 0 Å². The van der Waals surface area contributed by atoms with Gasteiger partial charge in [0.25, 0.3) is 0 Å². The summed E-state index contributed by atoms with van der Waals surface area (Å²) in [7, 11) is 0. The van der Waals surface area contributed by atoms with Gasteiger partial charge in [0.05, 0.1) is 0 Å². The molecule has 0 radical (unpaired) electrons. The average Bonchev–Trinajstić information content (AvgIpc) is 2.69. The Labute approximate surface area is 157 Å². The molecule has 1 aliphatic rings. The minimum Gasteiger partial charge on any atom is -0.289 e. The van der Waals surface area contributed by atoms with Gasteiger partial charge in [0.1, 0.15) is 0 Å². The number of fused-ring (bicyclic) bond motifs is 4. The van der Waals surface area contributed by atoms with Gasteiger partial charge < -0.3 is 0 Å². The lowest BCUT2D eigenvalue weighted by Crippen LogP contribution is -2.24. The highest BCUT2D eigenvalue weighted by atomic mass is 16.1. The van der Waals surface area contributed by atoms with E-state index in [2.05, 4.69) is 0 Å². The summed E-state index contributed by atoms with van der Waals surface area (Å²) in [6.45, 7) is 5.85. The molecule has 0 heterocycles. The predicted molar refractivity (Wildman–Crippen MR) is 109 cm³/mol. The van der Waals surface area contributed by atoms with Gasteiger partial charge in [0.15, 0.2) is 11.6 Å². The second-order valence-corrected chi connectivity index (χ2v) is 7.35. The van der Waals surface area contributed by atoms with Gasteiger partial charge in [-0.3, -0.25) is 9.59 Å². The van der Waals surface area contributed by atoms with E-state index in [0.717, 1.165) is 38.2 Å². The van der Waals surface area contributed by atoms with E-state index in [1.807, 2.05) is 75.4 Å². The van der Waals surface area contributed by atoms with Crippen LogP contribution in [0.5, 0.6) is 0 Å². The minimum atomic E-state index is -0.0418. The second-order valence-electron chi connectivity index (χ2n) is 7.35. The van der Waals surface area contributed by atoms with E-state index in [4.69, 9.17) is 0 Å². The smallest absolute Gasteiger partial charge is 0.195 e. The number of hydrogen-bond acceptors (Lipinski definition) is 2. The highest BCUT2D eigenvalue weighted by Gasteiger charge is 2.35. The Bertz CT molecular complexity index is 1330. The van der Waals surface area contributed by atoms with Gasteiger partial charge in [0.2, 0.25) is 0 Å². The lowest BCUT2D eigenvalue weighted by atomic mass is 9.75. The van der Waals surface area contributed by atoms with Gasteiger partial charge in [-0.25, -0.2) is 0 Å². The van der Waals surface area contributed by atoms with Crippen LogP contribution in [0.3, 0.4) is 0 Å². The highest BCUT2D eigenvalue weighted by molar-refractivity contribution is 6.32. The Morgan fingerprint density at radius 3 is 1.67 bits per heavy atom. The van der Waals surface area contributed by atoms with Gasteiger partial charge in [-0.1, -0.05) is 48.5 Å². The van der Waals surface area contributed by atoms with Gasteiger partial charge in [-0.05, 0) is 65.1 Å². The summed E-state index contributed by atoms with van der Waals surface area (Å²) in [4.78, 5) is 27.1. The molecule has 0 bridgehead atoms. The number of rotatable bonds is 0. The van der Waals surface area contributed by atoms with Crippen LogP contribution in [-0.2, 0) is 0 Å². The lowest BCUT2D eigenvalue weighted by Gasteiger charge is -2.25. The number of hydrogen-bond donors (Lipinski definition) is 0. The van der Waals surface area contributed by atoms with Crippen LogP contribution in [0.15, 0.2) is 54.6 Å². The molecule has 0 saturated carbocycles. The van der Waals surface area contributed by atoms with Crippen molar-refractivity contribution in [1.29, 1.82) is 0 Å². The van der Waals surface area contributed by atoms with Gasteiger partial charge in [-0.15, -0.1) is 0 Å². The molecule has 1 aliphatic carbocycles. The number of carbonyl (C=O) groups excluding carboxylic acids is 2. The van der Waals surface area contributed by atoms with E-state index in [9.17, 15) is 9.59 Å². The zero-order valence-electron chi connectivity index (χ0n) is 15.5. The molecule has 0 spiro atoms. The van der Waals surface area contributed by atoms with Crippen molar-refractivity contribution in [2.24, 2.45) is 0 Å². The fraction of sp³-hybridized carbons (Fsp3) is 0.120. The second kappa shape index (κ2) is 5.37. The third-order valence-electron chi connectivity index (χ3n) is 5.97. The summed E-state index contributed by atoms with van der Waals surface area (Å²) in [5.41, 5.74) is 4.90. The molecule has 0 aliphatic heterocycles. The first kappa shape index (κ1) is 16.0. The molecular weight excluding hydrogens is 332 g/mol. The molecule has 0 saturated heterocycles. The van der Waals surface area contributed by atoms with Gasteiger partial charge in [0, 0.05) is 22.3 Å². The first-order valence-corrected chi connectivity index (χ1v) is 9.14. The van der Waals surface area contributed by atoms with Crippen LogP contribution >= 0.6 is 0 Å². The Kier molecular flexibility index (Phi) is 3.17. The summed E-state index contributed by atoms with van der Waals surface area (Å²) < 4.78 is 0. The third-order valence-corrected chi connectivity index (χ3v) is 5.97. The minimum absolute atomic E-state index is 0.0331. The maximum atomic E-state index is 13.6. The van der Waals surface area contributed by atoms with Gasteiger partial charge in [-0.2, -0.15) is 0 Å². The normalized spacial score (nSPS) is 13.1. The van der Waals surface area contributed by atoms with Crippen molar-refractivity contribution < 1.29 is 9.59 Å². The molecular formula is C25H18O2. The van der Waals surface area contributed by atoms with E-state index in [1.54, 1.807) is 0 Å². The molecule has 27 heavy (non-hydrogen) atoms. The molecule has 2 heteroatoms. The van der Waals surface area contributed by atoms with Crippen molar-refractivity contribution >= 4 is 33.1 Å². The Balaban J connectivity index is 1.95. The number of carbonyl (C=O) groups is 2. The Morgan fingerprint density at radius 2 is 1.04 bits per heavy atom. The summed E-state index contributed by atoms with van der Waals surface area (Å²) in [5, 5.41) is 4.09. The summed E-state index contributed by atoms with van der Waals surface area (Å²) >= 11 is 0. The summed E-state index contributed by atoms with van der Waals surface area (Å²) in [6, 6.07) is 17.8. The molecule has 4 aromatic carbocycles. The van der Waals surface area contributed by atoms with Crippen molar-refractivity contribution in [1.82, 2.24) is 0 Å². The van der Waals surface area contributed by atoms with Crippen LogP contribution in [0.4, 0.5) is 0 Å². The highest BCUT2D eigenvalue weighted by Crippen LogP contribution is 2.39. The predicted octanol–water partition coefficient (Wildman–Crippen LogP) is 5.69. The van der Waals surface area contributed by atoms with Crippen molar-refractivity contribution in [3.05, 3.63) is 93.5 Å². The first-order chi connectivity index (χ1) is 13.0. The van der Waals surface area contributed by atoms with Crippen LogP contribution in [0.1, 0.15) is 48.5 Å². The largest absolute Gasteiger partial charge is 0.289 e. The monoisotopic (exact) mass is 350 g/mol. The molecule has 0 aromatic heterocycles. The van der Waals surface area contributed by atoms with E-state index in [0.29, 0.717) is 22.3 Å². The Morgan fingerprint density at radius 1 is 0.556 bits per heavy atom. The van der Waals surface area contributed by atoms with Crippen LogP contribution in [-0.4, -0.2) is 11.6 Å². The Hall–Kier alpha value is -3.26. The molecule has 5 rings (SSSR count). The van der Waals surface area contributed by atoms with Crippen LogP contribution in [0.2, 0.25) is 0 Å². The van der Waals surface area contributed by atoms with Crippen molar-refractivity contribution in [3.8, 4) is 0 Å². The molecule has 0 amide bonds. The molecule has 0 fully saturated rings. The van der Waals surface area contributed by atoms with Crippen LogP contribution in [0, 0.1) is 20.8 Å². The fourth-order valence-corrected chi connectivity index (χ4v) is 4.61. The topological polar surface area (TPSA) is 34.1 Å². The van der Waals surface area contributed by atoms with E-state index in [1.165, 1.54) is 0 Å². The van der Waals surface area contributed by atoms with Gasteiger partial charge >= 0.3 is 0 Å². The van der Waals surface area contributed by atoms with E-state index < -0.39 is 0 Å². The average molecular weight is 350 g/mol. The molecule has 0 atom stereocenters. The molecule has 0 unspecified atom stereocenters. The summed E-state index contributed by atoms with van der Waals surface area (Å²) in [6.07, 6.45) is 0. The molecule has 2 nitrogen and oxygen atoms in total. The van der Waals surface area contributed by atoms with Crippen molar-refractivity contribution in [3.63, 3.8) is 0 Å². The van der Waals surface area contributed by atoms with Crippen molar-refractivity contribution in [2.45, 2.75) is 20.8 Å². The standard InChI is InChI=1S/C25H18O2/c1-13-17-9-5-4-8-16(17)12-20-21(13)25(27)23-15(3)19-11-7-6-10-18(19)14(2)22(23)24(20)26/h4-12H,1-3H3. The summed E-state index contributed by atoms with van der Waals surface area (Å²) in [5.74, 6) is -0.0750. The van der Waals surface area contributed by atoms with E-state index >= 15 is 0 Å². The molecule has 130 valence electrons. The number of benzene rings is 4. The SMILES string of the molecule is Cc1c2c(cc3ccccc13)C(=O)c1c(c(C)c3ccccc3c1C)C2=O. The zero-order valence-corrected chi connectivity index (χ0v) is 15.5. The maximum absolute atomic E-state index is 13.6. The molecule has 0 N–H and O–H groups in total. The van der Waals surface area contributed by atoms with Crippen LogP contribution < -0.4 is 0 Å².